The summed E-state index contributed by atoms with van der Waals surface area (Å²) >= 11 is 5.78. The Morgan fingerprint density at radius 2 is 2.22 bits per heavy atom. The predicted molar refractivity (Wildman–Crippen MR) is 65.6 cm³/mol. The zero-order valence-electron chi connectivity index (χ0n) is 10.1. The maximum absolute atomic E-state index is 11.1. The number of nitrogens with zero attached hydrogens (tertiary/aromatic N) is 3. The van der Waals surface area contributed by atoms with Crippen molar-refractivity contribution in [3.8, 4) is 6.01 Å². The number of anilines is 1. The molecular formula is C10H14ClN5O2. The van der Waals surface area contributed by atoms with Gasteiger partial charge in [0, 0.05) is 13.0 Å². The Morgan fingerprint density at radius 1 is 1.44 bits per heavy atom. The van der Waals surface area contributed by atoms with Crippen LogP contribution >= 0.6 is 11.6 Å². The summed E-state index contributed by atoms with van der Waals surface area (Å²) in [5, 5.41) is 5.79. The number of ether oxygens (including phenoxy) is 1. The highest BCUT2D eigenvalue weighted by Crippen LogP contribution is 2.14. The first-order valence-electron chi connectivity index (χ1n) is 5.64. The van der Waals surface area contributed by atoms with Crippen LogP contribution in [0.3, 0.4) is 0 Å². The monoisotopic (exact) mass is 271 g/mol. The maximum Gasteiger partial charge on any atom is 0.322 e. The molecule has 1 atom stereocenters. The molecule has 0 aliphatic carbocycles. The van der Waals surface area contributed by atoms with Crippen LogP contribution in [0.15, 0.2) is 0 Å². The van der Waals surface area contributed by atoms with E-state index in [0.29, 0.717) is 18.9 Å². The molecule has 0 spiro atoms. The molecule has 1 aliphatic rings. The molecule has 18 heavy (non-hydrogen) atoms. The number of halogens is 1. The Kier molecular flexibility index (Phi) is 3.81. The van der Waals surface area contributed by atoms with Crippen LogP contribution < -0.4 is 15.4 Å². The number of hydrogen-bond acceptors (Lipinski definition) is 6. The highest BCUT2D eigenvalue weighted by atomic mass is 35.5. The van der Waals surface area contributed by atoms with Crippen LogP contribution in [-0.4, -0.2) is 39.5 Å². The van der Waals surface area contributed by atoms with Gasteiger partial charge in [0.05, 0.1) is 12.1 Å². The number of aromatic nitrogens is 3. The molecule has 1 unspecified atom stereocenters. The van der Waals surface area contributed by atoms with E-state index in [4.69, 9.17) is 16.3 Å². The van der Waals surface area contributed by atoms with Crippen molar-refractivity contribution in [2.24, 2.45) is 0 Å². The molecule has 7 nitrogen and oxygen atoms in total. The van der Waals surface area contributed by atoms with Crippen molar-refractivity contribution in [2.75, 3.05) is 11.9 Å². The number of carbonyl (C=O) groups excluding carboxylic acids is 1. The molecule has 0 aromatic carbocycles. The van der Waals surface area contributed by atoms with Gasteiger partial charge in [-0.1, -0.05) is 0 Å². The van der Waals surface area contributed by atoms with Gasteiger partial charge in [0.2, 0.25) is 17.1 Å². The number of nitrogens with one attached hydrogen (secondary N) is 2. The quantitative estimate of drug-likeness (QED) is 0.834. The number of hydrogen-bond donors (Lipinski definition) is 2. The Morgan fingerprint density at radius 3 is 2.83 bits per heavy atom. The zero-order chi connectivity index (χ0) is 13.1. The van der Waals surface area contributed by atoms with Crippen molar-refractivity contribution < 1.29 is 9.53 Å². The molecular weight excluding hydrogens is 258 g/mol. The first-order chi connectivity index (χ1) is 8.52. The Bertz CT molecular complexity index is 454. The van der Waals surface area contributed by atoms with Gasteiger partial charge in [-0.2, -0.15) is 15.0 Å². The summed E-state index contributed by atoms with van der Waals surface area (Å²) < 4.78 is 5.35. The van der Waals surface area contributed by atoms with Gasteiger partial charge in [0.15, 0.2) is 0 Å². The van der Waals surface area contributed by atoms with Crippen LogP contribution in [0, 0.1) is 0 Å². The molecule has 8 heteroatoms. The molecule has 98 valence electrons. The lowest BCUT2D eigenvalue weighted by molar-refractivity contribution is -0.119. The van der Waals surface area contributed by atoms with E-state index < -0.39 is 0 Å². The fourth-order valence-corrected chi connectivity index (χ4v) is 1.70. The molecule has 1 amide bonds. The van der Waals surface area contributed by atoms with Crippen LogP contribution in [0.25, 0.3) is 0 Å². The van der Waals surface area contributed by atoms with E-state index in [1.165, 1.54) is 0 Å². The summed E-state index contributed by atoms with van der Waals surface area (Å²) in [4.78, 5) is 23.0. The standard InChI is InChI=1S/C10H14ClN5O2/c1-5(2)18-10-15-8(11)14-9(16-10)13-6-3-7(17)12-4-6/h5-6H,3-4H2,1-2H3,(H,12,17)(H,13,14,15,16). The lowest BCUT2D eigenvalue weighted by Crippen LogP contribution is -2.24. The molecule has 2 rings (SSSR count). The van der Waals surface area contributed by atoms with Gasteiger partial charge >= 0.3 is 6.01 Å². The topological polar surface area (TPSA) is 89.0 Å². The predicted octanol–water partition coefficient (Wildman–Crippen LogP) is 0.613. The van der Waals surface area contributed by atoms with Gasteiger partial charge in [-0.3, -0.25) is 4.79 Å². The van der Waals surface area contributed by atoms with Gasteiger partial charge in [0.1, 0.15) is 0 Å². The third-order valence-corrected chi connectivity index (χ3v) is 2.41. The number of amides is 1. The second-order valence-electron chi connectivity index (χ2n) is 4.23. The zero-order valence-corrected chi connectivity index (χ0v) is 10.9. The highest BCUT2D eigenvalue weighted by molar-refractivity contribution is 6.28. The summed E-state index contributed by atoms with van der Waals surface area (Å²) in [6, 6.07) is 0.132. The number of carbonyl (C=O) groups is 1. The summed E-state index contributed by atoms with van der Waals surface area (Å²) in [5.41, 5.74) is 0. The highest BCUT2D eigenvalue weighted by Gasteiger charge is 2.22. The fourth-order valence-electron chi connectivity index (χ4n) is 1.55. The molecule has 2 heterocycles. The van der Waals surface area contributed by atoms with Crippen molar-refractivity contribution >= 4 is 23.5 Å². The minimum absolute atomic E-state index is 0.00584. The van der Waals surface area contributed by atoms with Crippen LogP contribution in [0.1, 0.15) is 20.3 Å². The second kappa shape index (κ2) is 5.34. The van der Waals surface area contributed by atoms with E-state index in [0.717, 1.165) is 0 Å². The molecule has 0 radical (unpaired) electrons. The van der Waals surface area contributed by atoms with E-state index in [9.17, 15) is 4.79 Å². The third kappa shape index (κ3) is 3.43. The summed E-state index contributed by atoms with van der Waals surface area (Å²) in [6.45, 7) is 4.28. The van der Waals surface area contributed by atoms with Crippen molar-refractivity contribution in [1.29, 1.82) is 0 Å². The van der Waals surface area contributed by atoms with Crippen LogP contribution in [0.5, 0.6) is 6.01 Å². The van der Waals surface area contributed by atoms with Crippen molar-refractivity contribution in [3.05, 3.63) is 5.28 Å². The summed E-state index contributed by atoms with van der Waals surface area (Å²) in [5.74, 6) is 0.318. The van der Waals surface area contributed by atoms with Crippen molar-refractivity contribution in [3.63, 3.8) is 0 Å². The second-order valence-corrected chi connectivity index (χ2v) is 4.56. The molecule has 1 fully saturated rings. The lowest BCUT2D eigenvalue weighted by Gasteiger charge is -2.12. The first-order valence-corrected chi connectivity index (χ1v) is 6.02. The minimum Gasteiger partial charge on any atom is -0.461 e. The third-order valence-electron chi connectivity index (χ3n) is 2.24. The largest absolute Gasteiger partial charge is 0.461 e. The molecule has 1 saturated heterocycles. The molecule has 1 aliphatic heterocycles. The molecule has 1 aromatic heterocycles. The Hall–Kier alpha value is -1.63. The summed E-state index contributed by atoms with van der Waals surface area (Å²) in [6.07, 6.45) is 0.343. The van der Waals surface area contributed by atoms with Gasteiger partial charge < -0.3 is 15.4 Å². The first kappa shape index (κ1) is 12.8. The lowest BCUT2D eigenvalue weighted by atomic mass is 10.3. The van der Waals surface area contributed by atoms with Crippen LogP contribution in [0.4, 0.5) is 5.95 Å². The maximum atomic E-state index is 11.1. The van der Waals surface area contributed by atoms with Gasteiger partial charge in [0.25, 0.3) is 0 Å². The molecule has 0 saturated carbocycles. The van der Waals surface area contributed by atoms with Crippen molar-refractivity contribution in [2.45, 2.75) is 32.4 Å². The molecule has 2 N–H and O–H groups in total. The number of rotatable bonds is 4. The fraction of sp³-hybridized carbons (Fsp3) is 0.600. The Balaban J connectivity index is 2.07. The van der Waals surface area contributed by atoms with Crippen LogP contribution in [-0.2, 0) is 4.79 Å². The van der Waals surface area contributed by atoms with E-state index in [2.05, 4.69) is 25.6 Å². The molecule has 0 bridgehead atoms. The van der Waals surface area contributed by atoms with E-state index in [1.54, 1.807) is 0 Å². The average molecular weight is 272 g/mol. The van der Waals surface area contributed by atoms with Crippen molar-refractivity contribution in [1.82, 2.24) is 20.3 Å². The normalized spacial score (nSPS) is 18.9. The minimum atomic E-state index is -0.0500. The van der Waals surface area contributed by atoms with E-state index in [1.807, 2.05) is 13.8 Å². The van der Waals surface area contributed by atoms with Gasteiger partial charge in [-0.25, -0.2) is 0 Å². The molecule has 1 aromatic rings. The van der Waals surface area contributed by atoms with E-state index >= 15 is 0 Å². The smallest absolute Gasteiger partial charge is 0.322 e. The van der Waals surface area contributed by atoms with Gasteiger partial charge in [-0.15, -0.1) is 0 Å². The van der Waals surface area contributed by atoms with Gasteiger partial charge in [-0.05, 0) is 25.4 Å². The van der Waals surface area contributed by atoms with Crippen LogP contribution in [0.2, 0.25) is 5.28 Å². The SMILES string of the molecule is CC(C)Oc1nc(Cl)nc(NC2CNC(=O)C2)n1. The summed E-state index contributed by atoms with van der Waals surface area (Å²) in [7, 11) is 0. The average Bonchev–Trinajstić information content (AvgIpc) is 2.61. The van der Waals surface area contributed by atoms with E-state index in [-0.39, 0.29) is 29.3 Å². The Labute approximate surface area is 109 Å².